The van der Waals surface area contributed by atoms with E-state index >= 15 is 0 Å². The van der Waals surface area contributed by atoms with Crippen molar-refractivity contribution in [2.75, 3.05) is 55.0 Å². The van der Waals surface area contributed by atoms with Crippen LogP contribution >= 0.6 is 0 Å². The van der Waals surface area contributed by atoms with Gasteiger partial charge in [-0.25, -0.2) is 9.97 Å². The molecule has 1 fully saturated rings. The first-order chi connectivity index (χ1) is 14.3. The Morgan fingerprint density at radius 2 is 1.62 bits per heavy atom. The molecule has 0 spiro atoms. The van der Waals surface area contributed by atoms with Crippen molar-refractivity contribution in [1.29, 1.82) is 0 Å². The Labute approximate surface area is 170 Å². The van der Waals surface area contributed by atoms with Crippen LogP contribution in [0.5, 0.6) is 5.75 Å². The van der Waals surface area contributed by atoms with E-state index in [0.29, 0.717) is 6.61 Å². The number of anilines is 3. The third-order valence-corrected chi connectivity index (χ3v) is 4.95. The van der Waals surface area contributed by atoms with Gasteiger partial charge in [0.1, 0.15) is 23.7 Å². The van der Waals surface area contributed by atoms with Crippen molar-refractivity contribution in [1.82, 2.24) is 20.2 Å². The maximum atomic E-state index is 5.49. The molecule has 0 atom stereocenters. The Morgan fingerprint density at radius 1 is 0.897 bits per heavy atom. The van der Waals surface area contributed by atoms with Gasteiger partial charge in [-0.3, -0.25) is 0 Å². The summed E-state index contributed by atoms with van der Waals surface area (Å²) < 4.78 is 5.49. The van der Waals surface area contributed by atoms with E-state index in [1.807, 2.05) is 56.4 Å². The zero-order chi connectivity index (χ0) is 20.1. The standard InChI is InChI=1S/C21H25N7O/c1-3-29-17-6-4-16(5-7-17)18-8-9-20(26-25-18)27-10-12-28(13-11-27)21-14-19(22-2)23-15-24-21/h4-9,14-15H,3,10-13H2,1-2H3,(H,22,23,24). The van der Waals surface area contributed by atoms with Crippen LogP contribution in [0, 0.1) is 0 Å². The van der Waals surface area contributed by atoms with Gasteiger partial charge in [-0.2, -0.15) is 0 Å². The quantitative estimate of drug-likeness (QED) is 0.687. The van der Waals surface area contributed by atoms with Gasteiger partial charge >= 0.3 is 0 Å². The monoisotopic (exact) mass is 391 g/mol. The van der Waals surface area contributed by atoms with Gasteiger partial charge in [0.05, 0.1) is 12.3 Å². The molecule has 1 N–H and O–H groups in total. The summed E-state index contributed by atoms with van der Waals surface area (Å²) in [5.41, 5.74) is 1.89. The molecule has 0 saturated carbocycles. The highest BCUT2D eigenvalue weighted by atomic mass is 16.5. The maximum Gasteiger partial charge on any atom is 0.151 e. The highest BCUT2D eigenvalue weighted by molar-refractivity contribution is 5.61. The second kappa shape index (κ2) is 8.72. The molecule has 1 aliphatic heterocycles. The van der Waals surface area contributed by atoms with Crippen LogP contribution in [0.3, 0.4) is 0 Å². The highest BCUT2D eigenvalue weighted by Gasteiger charge is 2.20. The van der Waals surface area contributed by atoms with Crippen LogP contribution in [0.2, 0.25) is 0 Å². The molecule has 8 heteroatoms. The van der Waals surface area contributed by atoms with Gasteiger partial charge in [-0.05, 0) is 43.3 Å². The summed E-state index contributed by atoms with van der Waals surface area (Å²) in [4.78, 5) is 13.1. The first-order valence-electron chi connectivity index (χ1n) is 9.83. The second-order valence-corrected chi connectivity index (χ2v) is 6.72. The van der Waals surface area contributed by atoms with E-state index in [4.69, 9.17) is 4.74 Å². The van der Waals surface area contributed by atoms with Crippen molar-refractivity contribution >= 4 is 17.5 Å². The van der Waals surface area contributed by atoms with Gasteiger partial charge in [-0.1, -0.05) is 0 Å². The topological polar surface area (TPSA) is 79.3 Å². The second-order valence-electron chi connectivity index (χ2n) is 6.72. The molecule has 3 heterocycles. The Bertz CT molecular complexity index is 923. The number of nitrogens with zero attached hydrogens (tertiary/aromatic N) is 6. The van der Waals surface area contributed by atoms with Crippen LogP contribution in [-0.2, 0) is 0 Å². The largest absolute Gasteiger partial charge is 0.494 e. The third kappa shape index (κ3) is 4.37. The normalized spacial score (nSPS) is 14.0. The van der Waals surface area contributed by atoms with Crippen LogP contribution in [0.25, 0.3) is 11.3 Å². The van der Waals surface area contributed by atoms with Crippen molar-refractivity contribution in [2.45, 2.75) is 6.92 Å². The van der Waals surface area contributed by atoms with Crippen LogP contribution in [-0.4, -0.2) is 60.0 Å². The molecular formula is C21H25N7O. The summed E-state index contributed by atoms with van der Waals surface area (Å²) in [7, 11) is 1.86. The van der Waals surface area contributed by atoms with Gasteiger partial charge in [0, 0.05) is 44.9 Å². The first-order valence-corrected chi connectivity index (χ1v) is 9.83. The van der Waals surface area contributed by atoms with Crippen molar-refractivity contribution in [2.24, 2.45) is 0 Å². The molecule has 150 valence electrons. The summed E-state index contributed by atoms with van der Waals surface area (Å²) in [5, 5.41) is 11.9. The number of nitrogens with one attached hydrogen (secondary N) is 1. The molecule has 0 amide bonds. The summed E-state index contributed by atoms with van der Waals surface area (Å²) in [6.45, 7) is 6.14. The van der Waals surface area contributed by atoms with Crippen LogP contribution < -0.4 is 19.9 Å². The Morgan fingerprint density at radius 3 is 2.24 bits per heavy atom. The van der Waals surface area contributed by atoms with Crippen molar-refractivity contribution in [3.8, 4) is 17.0 Å². The van der Waals surface area contributed by atoms with E-state index in [1.54, 1.807) is 6.33 Å². The molecule has 0 aliphatic carbocycles. The summed E-state index contributed by atoms with van der Waals surface area (Å²) >= 11 is 0. The van der Waals surface area contributed by atoms with Gasteiger partial charge in [0.25, 0.3) is 0 Å². The number of piperazine rings is 1. The van der Waals surface area contributed by atoms with E-state index < -0.39 is 0 Å². The number of ether oxygens (including phenoxy) is 1. The Balaban J connectivity index is 1.38. The Kier molecular flexibility index (Phi) is 5.69. The van der Waals surface area contributed by atoms with Crippen LogP contribution in [0.15, 0.2) is 48.8 Å². The smallest absolute Gasteiger partial charge is 0.151 e. The molecule has 1 saturated heterocycles. The van der Waals surface area contributed by atoms with Crippen LogP contribution in [0.4, 0.5) is 17.5 Å². The fourth-order valence-electron chi connectivity index (χ4n) is 3.36. The minimum Gasteiger partial charge on any atom is -0.494 e. The first kappa shape index (κ1) is 18.9. The maximum absolute atomic E-state index is 5.49. The van der Waals surface area contributed by atoms with Crippen LogP contribution in [0.1, 0.15) is 6.92 Å². The molecule has 8 nitrogen and oxygen atoms in total. The fourth-order valence-corrected chi connectivity index (χ4v) is 3.36. The van der Waals surface area contributed by atoms with Gasteiger partial charge in [-0.15, -0.1) is 10.2 Å². The molecule has 3 aromatic rings. The van der Waals surface area contributed by atoms with E-state index in [9.17, 15) is 0 Å². The predicted octanol–water partition coefficient (Wildman–Crippen LogP) is 2.70. The predicted molar refractivity (Wildman–Crippen MR) is 115 cm³/mol. The summed E-state index contributed by atoms with van der Waals surface area (Å²) in [6, 6.07) is 14.0. The molecule has 0 unspecified atom stereocenters. The molecule has 4 rings (SSSR count). The molecule has 0 radical (unpaired) electrons. The summed E-state index contributed by atoms with van der Waals surface area (Å²) in [5.74, 6) is 3.54. The zero-order valence-corrected chi connectivity index (χ0v) is 16.7. The van der Waals surface area contributed by atoms with Crippen molar-refractivity contribution in [3.05, 3.63) is 48.8 Å². The summed E-state index contributed by atoms with van der Waals surface area (Å²) in [6.07, 6.45) is 1.60. The minimum absolute atomic E-state index is 0.662. The lowest BCUT2D eigenvalue weighted by atomic mass is 10.1. The fraction of sp³-hybridized carbons (Fsp3) is 0.333. The van der Waals surface area contributed by atoms with E-state index in [0.717, 1.165) is 60.6 Å². The third-order valence-electron chi connectivity index (χ3n) is 4.95. The van der Waals surface area contributed by atoms with Gasteiger partial charge < -0.3 is 19.9 Å². The highest BCUT2D eigenvalue weighted by Crippen LogP contribution is 2.23. The van der Waals surface area contributed by atoms with Crippen molar-refractivity contribution in [3.63, 3.8) is 0 Å². The Hall–Kier alpha value is -3.42. The van der Waals surface area contributed by atoms with Gasteiger partial charge in [0.2, 0.25) is 0 Å². The van der Waals surface area contributed by atoms with Crippen molar-refractivity contribution < 1.29 is 4.74 Å². The zero-order valence-electron chi connectivity index (χ0n) is 16.7. The number of aromatic nitrogens is 4. The van der Waals surface area contributed by atoms with Gasteiger partial charge in [0.15, 0.2) is 5.82 Å². The SMILES string of the molecule is CCOc1ccc(-c2ccc(N3CCN(c4cc(NC)ncn4)CC3)nn2)cc1. The molecule has 0 bridgehead atoms. The molecular weight excluding hydrogens is 366 g/mol. The average Bonchev–Trinajstić information content (AvgIpc) is 2.80. The lowest BCUT2D eigenvalue weighted by molar-refractivity contribution is 0.340. The van der Waals surface area contributed by atoms with E-state index in [2.05, 4.69) is 35.3 Å². The number of hydrogen-bond donors (Lipinski definition) is 1. The minimum atomic E-state index is 0.662. The lowest BCUT2D eigenvalue weighted by Gasteiger charge is -2.35. The molecule has 29 heavy (non-hydrogen) atoms. The molecule has 1 aliphatic rings. The van der Waals surface area contributed by atoms with E-state index in [-0.39, 0.29) is 0 Å². The van der Waals surface area contributed by atoms with E-state index in [1.165, 1.54) is 0 Å². The number of hydrogen-bond acceptors (Lipinski definition) is 8. The average molecular weight is 391 g/mol. The molecule has 1 aromatic carbocycles. The molecule has 2 aromatic heterocycles. The number of benzene rings is 1. The lowest BCUT2D eigenvalue weighted by Crippen LogP contribution is -2.47. The number of rotatable bonds is 6.